The highest BCUT2D eigenvalue weighted by molar-refractivity contribution is 7.16. The van der Waals surface area contributed by atoms with Crippen LogP contribution in [0.25, 0.3) is 11.3 Å². The molecule has 2 heterocycles. The second-order valence-electron chi connectivity index (χ2n) is 5.28. The minimum absolute atomic E-state index is 0.224. The van der Waals surface area contributed by atoms with Crippen molar-refractivity contribution in [3.05, 3.63) is 46.6 Å². The Bertz CT molecular complexity index is 1090. The third-order valence-corrected chi connectivity index (χ3v) is 5.33. The van der Waals surface area contributed by atoms with Gasteiger partial charge in [-0.05, 0) is 18.5 Å². The summed E-state index contributed by atoms with van der Waals surface area (Å²) >= 11 is 2.12. The fourth-order valence-corrected chi connectivity index (χ4v) is 3.88. The Kier molecular flexibility index (Phi) is 5.31. The zero-order chi connectivity index (χ0) is 19.4. The molecule has 0 bridgehead atoms. The average Bonchev–Trinajstić information content (AvgIpc) is 3.25. The summed E-state index contributed by atoms with van der Waals surface area (Å²) < 4.78 is 4.08. The molecule has 3 aromatic rings. The van der Waals surface area contributed by atoms with E-state index >= 15 is 0 Å². The number of benzene rings is 1. The van der Waals surface area contributed by atoms with E-state index in [1.807, 2.05) is 42.5 Å². The smallest absolute Gasteiger partial charge is 0.253 e. The van der Waals surface area contributed by atoms with Gasteiger partial charge >= 0.3 is 0 Å². The van der Waals surface area contributed by atoms with Crippen LogP contribution < -0.4 is 5.73 Å². The molecule has 0 atom stereocenters. The Labute approximate surface area is 162 Å². The van der Waals surface area contributed by atoms with Crippen molar-refractivity contribution >= 4 is 38.8 Å². The fraction of sp³-hybridized carbons (Fsp3) is 0.118. The lowest BCUT2D eigenvalue weighted by molar-refractivity contribution is 0.100. The summed E-state index contributed by atoms with van der Waals surface area (Å²) in [5.74, 6) is -1.62. The monoisotopic (exact) mass is 393 g/mol. The fourth-order valence-electron chi connectivity index (χ4n) is 2.24. The predicted molar refractivity (Wildman–Crippen MR) is 101 cm³/mol. The number of nitriles is 2. The predicted octanol–water partition coefficient (Wildman–Crippen LogP) is 4.22. The first kappa shape index (κ1) is 18.3. The molecule has 0 aliphatic carbocycles. The molecule has 0 fully saturated rings. The molecule has 3 rings (SSSR count). The number of amides is 1. The van der Waals surface area contributed by atoms with Crippen molar-refractivity contribution in [2.24, 2.45) is 16.0 Å². The highest BCUT2D eigenvalue weighted by Gasteiger charge is 2.21. The molecule has 1 aromatic carbocycles. The van der Waals surface area contributed by atoms with Gasteiger partial charge in [-0.15, -0.1) is 10.2 Å². The SMILES string of the molecule is Cc1nsc(N=Nc2sc(C(C#N)C#N)nc2-c2ccccc2)c1C(N)=O. The molecule has 27 heavy (non-hydrogen) atoms. The summed E-state index contributed by atoms with van der Waals surface area (Å²) in [6.45, 7) is 1.67. The number of aromatic nitrogens is 2. The molecule has 0 saturated heterocycles. The molecule has 2 aromatic heterocycles. The van der Waals surface area contributed by atoms with Crippen molar-refractivity contribution in [1.29, 1.82) is 10.5 Å². The second-order valence-corrected chi connectivity index (χ2v) is 7.04. The van der Waals surface area contributed by atoms with Gasteiger partial charge in [-0.3, -0.25) is 4.79 Å². The Morgan fingerprint density at radius 3 is 2.48 bits per heavy atom. The van der Waals surface area contributed by atoms with Gasteiger partial charge in [0.2, 0.25) is 0 Å². The lowest BCUT2D eigenvalue weighted by Gasteiger charge is -1.97. The molecular formula is C17H11N7OS2. The third-order valence-electron chi connectivity index (χ3n) is 3.50. The quantitative estimate of drug-likeness (QED) is 0.646. The minimum Gasteiger partial charge on any atom is -0.365 e. The largest absolute Gasteiger partial charge is 0.365 e. The van der Waals surface area contributed by atoms with Crippen LogP contribution >= 0.6 is 22.9 Å². The van der Waals surface area contributed by atoms with Gasteiger partial charge in [0, 0.05) is 5.56 Å². The van der Waals surface area contributed by atoms with Crippen LogP contribution in [0.3, 0.4) is 0 Å². The summed E-state index contributed by atoms with van der Waals surface area (Å²) in [6, 6.07) is 13.1. The van der Waals surface area contributed by atoms with E-state index in [-0.39, 0.29) is 5.56 Å². The number of carbonyl (C=O) groups excluding carboxylic acids is 1. The number of azo groups is 1. The Morgan fingerprint density at radius 2 is 1.85 bits per heavy atom. The zero-order valence-corrected chi connectivity index (χ0v) is 15.6. The first-order valence-corrected chi connectivity index (χ1v) is 9.17. The number of rotatable bonds is 5. The summed E-state index contributed by atoms with van der Waals surface area (Å²) in [7, 11) is 0. The molecule has 0 unspecified atom stereocenters. The van der Waals surface area contributed by atoms with Crippen LogP contribution in [-0.4, -0.2) is 15.3 Å². The van der Waals surface area contributed by atoms with Crippen LogP contribution in [0.1, 0.15) is 27.0 Å². The number of thiazole rings is 1. The number of nitrogens with zero attached hydrogens (tertiary/aromatic N) is 6. The van der Waals surface area contributed by atoms with Crippen LogP contribution in [0.4, 0.5) is 10.0 Å². The molecule has 0 spiro atoms. The normalized spacial score (nSPS) is 10.8. The molecule has 10 heteroatoms. The van der Waals surface area contributed by atoms with Crippen molar-refractivity contribution in [1.82, 2.24) is 9.36 Å². The summed E-state index contributed by atoms with van der Waals surface area (Å²) in [5, 5.41) is 27.7. The van der Waals surface area contributed by atoms with Gasteiger partial charge in [-0.25, -0.2) is 4.98 Å². The van der Waals surface area contributed by atoms with Crippen LogP contribution in [0.15, 0.2) is 40.6 Å². The summed E-state index contributed by atoms with van der Waals surface area (Å²) in [6.07, 6.45) is 0. The van der Waals surface area contributed by atoms with E-state index in [2.05, 4.69) is 19.6 Å². The third kappa shape index (κ3) is 3.72. The van der Waals surface area contributed by atoms with Crippen molar-refractivity contribution in [2.45, 2.75) is 12.8 Å². The average molecular weight is 393 g/mol. The standard InChI is InChI=1S/C17H11N7OS2/c1-9-12(14(20)25)16(27-24-9)22-23-17-13(10-5-3-2-4-6-10)21-15(26-17)11(7-18)8-19/h2-6,11H,1H3,(H2,20,25). The van der Waals surface area contributed by atoms with E-state index in [0.29, 0.717) is 26.4 Å². The van der Waals surface area contributed by atoms with Gasteiger partial charge in [0.25, 0.3) is 5.91 Å². The van der Waals surface area contributed by atoms with Gasteiger partial charge in [-0.1, -0.05) is 41.7 Å². The van der Waals surface area contributed by atoms with E-state index in [1.54, 1.807) is 6.92 Å². The Balaban J connectivity index is 2.08. The molecule has 1 amide bonds. The van der Waals surface area contributed by atoms with Gasteiger partial charge in [0.05, 0.1) is 17.8 Å². The lowest BCUT2D eigenvalue weighted by Crippen LogP contribution is -2.11. The first-order valence-electron chi connectivity index (χ1n) is 7.58. The van der Waals surface area contributed by atoms with E-state index in [4.69, 9.17) is 16.3 Å². The Morgan fingerprint density at radius 1 is 1.19 bits per heavy atom. The molecule has 0 radical (unpaired) electrons. The minimum atomic E-state index is -0.992. The maximum Gasteiger partial charge on any atom is 0.253 e. The second kappa shape index (κ2) is 7.83. The van der Waals surface area contributed by atoms with Crippen LogP contribution in [0, 0.1) is 29.6 Å². The van der Waals surface area contributed by atoms with Crippen LogP contribution in [0.5, 0.6) is 0 Å². The maximum absolute atomic E-state index is 11.6. The highest BCUT2D eigenvalue weighted by atomic mass is 32.1. The number of nitrogens with two attached hydrogens (primary N) is 1. The van der Waals surface area contributed by atoms with Crippen molar-refractivity contribution < 1.29 is 4.79 Å². The van der Waals surface area contributed by atoms with E-state index in [0.717, 1.165) is 28.4 Å². The summed E-state index contributed by atoms with van der Waals surface area (Å²) in [4.78, 5) is 16.0. The van der Waals surface area contributed by atoms with Crippen molar-refractivity contribution in [2.75, 3.05) is 0 Å². The molecule has 0 saturated carbocycles. The highest BCUT2D eigenvalue weighted by Crippen LogP contribution is 2.39. The van der Waals surface area contributed by atoms with E-state index in [1.165, 1.54) is 0 Å². The van der Waals surface area contributed by atoms with Crippen molar-refractivity contribution in [3.8, 4) is 23.4 Å². The van der Waals surface area contributed by atoms with Crippen molar-refractivity contribution in [3.63, 3.8) is 0 Å². The molecule has 132 valence electrons. The molecule has 8 nitrogen and oxygen atoms in total. The zero-order valence-electron chi connectivity index (χ0n) is 13.9. The van der Waals surface area contributed by atoms with E-state index in [9.17, 15) is 4.79 Å². The topological polar surface area (TPSA) is 141 Å². The van der Waals surface area contributed by atoms with Gasteiger partial charge in [-0.2, -0.15) is 14.9 Å². The molecule has 0 aliphatic rings. The van der Waals surface area contributed by atoms with Crippen LogP contribution in [-0.2, 0) is 0 Å². The first-order chi connectivity index (χ1) is 13.0. The molecule has 2 N–H and O–H groups in total. The molecular weight excluding hydrogens is 382 g/mol. The molecule has 0 aliphatic heterocycles. The van der Waals surface area contributed by atoms with Crippen LogP contribution in [0.2, 0.25) is 0 Å². The number of carbonyl (C=O) groups is 1. The number of aryl methyl sites for hydroxylation is 1. The van der Waals surface area contributed by atoms with Gasteiger partial charge in [0.1, 0.15) is 16.3 Å². The number of hydrogen-bond donors (Lipinski definition) is 1. The maximum atomic E-state index is 11.6. The number of primary amides is 1. The van der Waals surface area contributed by atoms with E-state index < -0.39 is 11.8 Å². The van der Waals surface area contributed by atoms with Gasteiger partial charge in [0.15, 0.2) is 15.9 Å². The van der Waals surface area contributed by atoms with Gasteiger partial charge < -0.3 is 5.73 Å². The number of hydrogen-bond acceptors (Lipinski definition) is 9. The Hall–Kier alpha value is -3.47. The summed E-state index contributed by atoms with van der Waals surface area (Å²) in [5.41, 5.74) is 7.38. The lowest BCUT2D eigenvalue weighted by atomic mass is 10.1.